The van der Waals surface area contributed by atoms with Crippen molar-refractivity contribution in [3.05, 3.63) is 174 Å². The van der Waals surface area contributed by atoms with Crippen LogP contribution < -0.4 is 0 Å². The van der Waals surface area contributed by atoms with Gasteiger partial charge in [0.1, 0.15) is 0 Å². The molecule has 7 aromatic carbocycles. The fourth-order valence-corrected chi connectivity index (χ4v) is 7.54. The SMILES string of the molecule is [C-]#[N+]c1cccc(-c2cccc(-n3c4ccc(C#N)cc4c4c(C#N)cccc43)c2)c1-c1ccccc1-n1c2ccccc2c2ccccc21. The predicted molar refractivity (Wildman–Crippen MR) is 202 cm³/mol. The zero-order valence-corrected chi connectivity index (χ0v) is 26.7. The summed E-state index contributed by atoms with van der Waals surface area (Å²) in [4.78, 5) is 4.05. The third-order valence-corrected chi connectivity index (χ3v) is 9.61. The van der Waals surface area contributed by atoms with Crippen LogP contribution in [0.15, 0.2) is 152 Å². The Morgan fingerprint density at radius 2 is 1.18 bits per heavy atom. The van der Waals surface area contributed by atoms with Gasteiger partial charge in [0.05, 0.1) is 57.6 Å². The predicted octanol–water partition coefficient (Wildman–Crippen LogP) is 11.5. The number of hydrogen-bond donors (Lipinski definition) is 0. The molecule has 0 fully saturated rings. The van der Waals surface area contributed by atoms with Crippen molar-refractivity contribution in [3.63, 3.8) is 0 Å². The Kier molecular flexibility index (Phi) is 6.56. The monoisotopic (exact) mass is 635 g/mol. The molecule has 0 saturated carbocycles. The maximum absolute atomic E-state index is 10.0. The second-order valence-electron chi connectivity index (χ2n) is 12.2. The average molecular weight is 636 g/mol. The Hall–Kier alpha value is -7.39. The highest BCUT2D eigenvalue weighted by Gasteiger charge is 2.21. The molecular weight excluding hydrogens is 611 g/mol. The second kappa shape index (κ2) is 11.4. The molecule has 0 aliphatic rings. The Balaban J connectivity index is 1.30. The molecule has 5 heteroatoms. The minimum Gasteiger partial charge on any atom is -0.309 e. The Morgan fingerprint density at radius 3 is 1.94 bits per heavy atom. The highest BCUT2D eigenvalue weighted by molar-refractivity contribution is 6.13. The van der Waals surface area contributed by atoms with E-state index in [1.807, 2.05) is 60.7 Å². The van der Waals surface area contributed by atoms with E-state index < -0.39 is 0 Å². The summed E-state index contributed by atoms with van der Waals surface area (Å²) in [6, 6.07) is 55.5. The lowest BCUT2D eigenvalue weighted by atomic mass is 9.91. The number of rotatable bonds is 4. The summed E-state index contributed by atoms with van der Waals surface area (Å²) >= 11 is 0. The molecule has 0 amide bonds. The number of para-hydroxylation sites is 3. The van der Waals surface area contributed by atoms with Crippen LogP contribution in [-0.2, 0) is 0 Å². The summed E-state index contributed by atoms with van der Waals surface area (Å²) in [7, 11) is 0. The number of aromatic nitrogens is 2. The minimum atomic E-state index is 0.542. The van der Waals surface area contributed by atoms with E-state index in [-0.39, 0.29) is 0 Å². The lowest BCUT2D eigenvalue weighted by Crippen LogP contribution is -1.98. The molecule has 0 N–H and O–H groups in total. The number of nitriles is 2. The molecule has 0 aliphatic heterocycles. The van der Waals surface area contributed by atoms with Crippen LogP contribution in [0.2, 0.25) is 0 Å². The van der Waals surface area contributed by atoms with Gasteiger partial charge in [-0.25, -0.2) is 4.85 Å². The van der Waals surface area contributed by atoms with Crippen LogP contribution in [0.25, 0.3) is 82.1 Å². The quantitative estimate of drug-likeness (QED) is 0.181. The Bertz CT molecular complexity index is 2920. The van der Waals surface area contributed by atoms with Crippen molar-refractivity contribution in [2.75, 3.05) is 0 Å². The Labute approximate surface area is 288 Å². The molecule has 5 nitrogen and oxygen atoms in total. The van der Waals surface area contributed by atoms with Crippen LogP contribution >= 0.6 is 0 Å². The fourth-order valence-electron chi connectivity index (χ4n) is 7.54. The summed E-state index contributed by atoms with van der Waals surface area (Å²) in [6.07, 6.45) is 0. The molecule has 2 aromatic heterocycles. The smallest absolute Gasteiger partial charge is 0.195 e. The maximum atomic E-state index is 10.0. The third kappa shape index (κ3) is 4.24. The van der Waals surface area contributed by atoms with Gasteiger partial charge in [-0.3, -0.25) is 0 Å². The zero-order valence-electron chi connectivity index (χ0n) is 26.7. The molecule has 2 heterocycles. The van der Waals surface area contributed by atoms with E-state index in [1.54, 1.807) is 0 Å². The topological polar surface area (TPSA) is 61.8 Å². The van der Waals surface area contributed by atoms with Crippen LogP contribution in [0.4, 0.5) is 5.69 Å². The number of hydrogen-bond acceptors (Lipinski definition) is 2. The van der Waals surface area contributed by atoms with E-state index >= 15 is 0 Å². The highest BCUT2D eigenvalue weighted by atomic mass is 15.0. The molecule has 9 rings (SSSR count). The molecule has 230 valence electrons. The van der Waals surface area contributed by atoms with Crippen molar-refractivity contribution < 1.29 is 0 Å². The van der Waals surface area contributed by atoms with E-state index in [1.165, 1.54) is 10.8 Å². The molecular formula is C45H25N5. The molecule has 0 atom stereocenters. The first kappa shape index (κ1) is 28.8. The normalized spacial score (nSPS) is 11.1. The summed E-state index contributed by atoms with van der Waals surface area (Å²) in [5.74, 6) is 0. The van der Waals surface area contributed by atoms with Gasteiger partial charge in [-0.2, -0.15) is 10.5 Å². The molecule has 0 spiro atoms. The van der Waals surface area contributed by atoms with E-state index in [2.05, 4.69) is 117 Å². The molecule has 0 aliphatic carbocycles. The van der Waals surface area contributed by atoms with Crippen LogP contribution in [0.1, 0.15) is 11.1 Å². The van der Waals surface area contributed by atoms with E-state index in [4.69, 9.17) is 6.57 Å². The van der Waals surface area contributed by atoms with Gasteiger partial charge in [0, 0.05) is 27.2 Å². The van der Waals surface area contributed by atoms with Crippen LogP contribution in [0, 0.1) is 29.2 Å². The van der Waals surface area contributed by atoms with Gasteiger partial charge in [-0.15, -0.1) is 0 Å². The largest absolute Gasteiger partial charge is 0.309 e. The van der Waals surface area contributed by atoms with Crippen LogP contribution in [0.5, 0.6) is 0 Å². The van der Waals surface area contributed by atoms with Gasteiger partial charge in [-0.05, 0) is 82.9 Å². The summed E-state index contributed by atoms with van der Waals surface area (Å²) in [6.45, 7) is 8.27. The summed E-state index contributed by atoms with van der Waals surface area (Å²) in [5.41, 5.74) is 11.3. The summed E-state index contributed by atoms with van der Waals surface area (Å²) in [5, 5.41) is 23.8. The lowest BCUT2D eigenvalue weighted by Gasteiger charge is -2.19. The first-order valence-corrected chi connectivity index (χ1v) is 16.3. The molecule has 0 unspecified atom stereocenters. The molecule has 9 aromatic rings. The molecule has 0 bridgehead atoms. The average Bonchev–Trinajstić information content (AvgIpc) is 3.70. The number of benzene rings is 7. The number of fused-ring (bicyclic) bond motifs is 6. The second-order valence-corrected chi connectivity index (χ2v) is 12.2. The van der Waals surface area contributed by atoms with E-state index in [9.17, 15) is 10.5 Å². The first-order valence-electron chi connectivity index (χ1n) is 16.3. The van der Waals surface area contributed by atoms with E-state index in [0.717, 1.165) is 66.5 Å². The van der Waals surface area contributed by atoms with Gasteiger partial charge in [0.15, 0.2) is 5.69 Å². The molecule has 50 heavy (non-hydrogen) atoms. The van der Waals surface area contributed by atoms with Crippen LogP contribution in [-0.4, -0.2) is 9.13 Å². The standard InChI is InChI=1S/C45H25N5/c1-48-38-18-10-17-33(45(38)36-16-4-7-21-41(36)50-39-19-5-2-14-34(39)35-15-3-6-20-40(35)50)30-11-8-13-32(26-30)49-42-24-23-29(27-46)25-37(42)44-31(28-47)12-9-22-43(44)49/h2-26H. The van der Waals surface area contributed by atoms with Gasteiger partial charge in [0.2, 0.25) is 0 Å². The van der Waals surface area contributed by atoms with Gasteiger partial charge >= 0.3 is 0 Å². The number of nitrogens with zero attached hydrogens (tertiary/aromatic N) is 5. The van der Waals surface area contributed by atoms with Gasteiger partial charge < -0.3 is 9.13 Å². The fraction of sp³-hybridized carbons (Fsp3) is 0. The summed E-state index contributed by atoms with van der Waals surface area (Å²) < 4.78 is 4.46. The molecule has 0 radical (unpaired) electrons. The third-order valence-electron chi connectivity index (χ3n) is 9.61. The van der Waals surface area contributed by atoms with Crippen LogP contribution in [0.3, 0.4) is 0 Å². The van der Waals surface area contributed by atoms with Crippen molar-refractivity contribution in [2.45, 2.75) is 0 Å². The maximum Gasteiger partial charge on any atom is 0.195 e. The van der Waals surface area contributed by atoms with Crippen molar-refractivity contribution in [2.24, 2.45) is 0 Å². The van der Waals surface area contributed by atoms with Gasteiger partial charge in [-0.1, -0.05) is 91.0 Å². The Morgan fingerprint density at radius 1 is 0.520 bits per heavy atom. The van der Waals surface area contributed by atoms with Crippen molar-refractivity contribution in [3.8, 4) is 45.8 Å². The van der Waals surface area contributed by atoms with E-state index in [0.29, 0.717) is 16.8 Å². The zero-order chi connectivity index (χ0) is 33.8. The highest BCUT2D eigenvalue weighted by Crippen LogP contribution is 2.45. The van der Waals surface area contributed by atoms with Crippen molar-refractivity contribution >= 4 is 49.3 Å². The van der Waals surface area contributed by atoms with Gasteiger partial charge in [0.25, 0.3) is 0 Å². The van der Waals surface area contributed by atoms with Crippen molar-refractivity contribution in [1.82, 2.24) is 9.13 Å². The molecule has 0 saturated heterocycles. The first-order chi connectivity index (χ1) is 24.7. The lowest BCUT2D eigenvalue weighted by molar-refractivity contribution is 1.18. The minimum absolute atomic E-state index is 0.542. The van der Waals surface area contributed by atoms with Crippen molar-refractivity contribution in [1.29, 1.82) is 10.5 Å².